The number of carbonyl (C=O) groups excluding carboxylic acids is 1. The average molecular weight is 315 g/mol. The van der Waals surface area contributed by atoms with E-state index in [-0.39, 0.29) is 11.6 Å². The SMILES string of the molecule is Cc1cc(C(CC(=O)O)NC(=O)OC(C)(C)C)cc(Cl)n1. The molecule has 1 atom stereocenters. The number of aryl methyl sites for hydroxylation is 1. The van der Waals surface area contributed by atoms with Gasteiger partial charge in [0.15, 0.2) is 0 Å². The minimum Gasteiger partial charge on any atom is -0.481 e. The van der Waals surface area contributed by atoms with Crippen molar-refractivity contribution in [3.8, 4) is 0 Å². The molecule has 116 valence electrons. The Kier molecular flexibility index (Phi) is 5.54. The normalized spacial score (nSPS) is 12.6. The molecule has 1 aromatic heterocycles. The van der Waals surface area contributed by atoms with Gasteiger partial charge >= 0.3 is 12.1 Å². The predicted molar refractivity (Wildman–Crippen MR) is 78.3 cm³/mol. The lowest BCUT2D eigenvalue weighted by molar-refractivity contribution is -0.137. The fourth-order valence-electron chi connectivity index (χ4n) is 1.73. The van der Waals surface area contributed by atoms with Crippen LogP contribution in [0.15, 0.2) is 12.1 Å². The van der Waals surface area contributed by atoms with Gasteiger partial charge in [0, 0.05) is 5.69 Å². The topological polar surface area (TPSA) is 88.5 Å². The van der Waals surface area contributed by atoms with Gasteiger partial charge in [0.2, 0.25) is 0 Å². The molecule has 2 N–H and O–H groups in total. The highest BCUT2D eigenvalue weighted by molar-refractivity contribution is 6.29. The third-order valence-corrected chi connectivity index (χ3v) is 2.61. The van der Waals surface area contributed by atoms with Crippen LogP contribution in [0.5, 0.6) is 0 Å². The molecule has 1 unspecified atom stereocenters. The highest BCUT2D eigenvalue weighted by Crippen LogP contribution is 2.21. The second kappa shape index (κ2) is 6.76. The van der Waals surface area contributed by atoms with Crippen molar-refractivity contribution in [2.24, 2.45) is 0 Å². The van der Waals surface area contributed by atoms with Crippen LogP contribution in [0, 0.1) is 6.92 Å². The van der Waals surface area contributed by atoms with Crippen molar-refractivity contribution in [2.75, 3.05) is 0 Å². The van der Waals surface area contributed by atoms with Crippen molar-refractivity contribution < 1.29 is 19.4 Å². The molecule has 0 saturated heterocycles. The number of ether oxygens (including phenoxy) is 1. The summed E-state index contributed by atoms with van der Waals surface area (Å²) in [5.74, 6) is -1.04. The lowest BCUT2D eigenvalue weighted by Gasteiger charge is -2.23. The standard InChI is InChI=1S/C14H19ClN2O4/c1-8-5-9(6-11(15)16-8)10(7-12(18)19)17-13(20)21-14(2,3)4/h5-6,10H,7H2,1-4H3,(H,17,20)(H,18,19). The molecule has 0 saturated carbocycles. The second-order valence-electron chi connectivity index (χ2n) is 5.66. The van der Waals surface area contributed by atoms with Crippen molar-refractivity contribution >= 4 is 23.7 Å². The zero-order chi connectivity index (χ0) is 16.2. The summed E-state index contributed by atoms with van der Waals surface area (Å²) in [5.41, 5.74) is 0.545. The van der Waals surface area contributed by atoms with Gasteiger partial charge in [-0.1, -0.05) is 11.6 Å². The fourth-order valence-corrected chi connectivity index (χ4v) is 1.99. The maximum absolute atomic E-state index is 11.8. The number of carbonyl (C=O) groups is 2. The monoisotopic (exact) mass is 314 g/mol. The molecular weight excluding hydrogens is 296 g/mol. The number of nitrogens with zero attached hydrogens (tertiary/aromatic N) is 1. The minimum atomic E-state index is -1.04. The maximum Gasteiger partial charge on any atom is 0.408 e. The highest BCUT2D eigenvalue weighted by Gasteiger charge is 2.23. The first-order valence-corrected chi connectivity index (χ1v) is 6.80. The number of carboxylic acid groups (broad SMARTS) is 1. The van der Waals surface area contributed by atoms with E-state index in [0.717, 1.165) is 0 Å². The van der Waals surface area contributed by atoms with Crippen LogP contribution in [0.4, 0.5) is 4.79 Å². The Labute approximate surface area is 128 Å². The van der Waals surface area contributed by atoms with Gasteiger partial charge < -0.3 is 15.2 Å². The summed E-state index contributed by atoms with van der Waals surface area (Å²) >= 11 is 5.87. The number of nitrogens with one attached hydrogen (secondary N) is 1. The summed E-state index contributed by atoms with van der Waals surface area (Å²) < 4.78 is 5.14. The van der Waals surface area contributed by atoms with Gasteiger partial charge in [0.25, 0.3) is 0 Å². The zero-order valence-corrected chi connectivity index (χ0v) is 13.2. The number of aromatic nitrogens is 1. The van der Waals surface area contributed by atoms with Crippen molar-refractivity contribution in [1.82, 2.24) is 10.3 Å². The molecule has 0 spiro atoms. The summed E-state index contributed by atoms with van der Waals surface area (Å²) in [5, 5.41) is 11.8. The molecule has 1 heterocycles. The van der Waals surface area contributed by atoms with Gasteiger partial charge in [-0.25, -0.2) is 9.78 Å². The molecule has 21 heavy (non-hydrogen) atoms. The summed E-state index contributed by atoms with van der Waals surface area (Å²) in [4.78, 5) is 26.8. The van der Waals surface area contributed by atoms with E-state index in [1.165, 1.54) is 6.07 Å². The maximum atomic E-state index is 11.8. The molecule has 1 amide bonds. The Balaban J connectivity index is 2.95. The largest absolute Gasteiger partial charge is 0.481 e. The first kappa shape index (κ1) is 17.2. The van der Waals surface area contributed by atoms with E-state index >= 15 is 0 Å². The third kappa shape index (κ3) is 6.44. The lowest BCUT2D eigenvalue weighted by Crippen LogP contribution is -2.35. The van der Waals surface area contributed by atoms with Gasteiger partial charge in [-0.15, -0.1) is 0 Å². The summed E-state index contributed by atoms with van der Waals surface area (Å²) in [6.07, 6.45) is -0.960. The highest BCUT2D eigenvalue weighted by atomic mass is 35.5. The number of hydrogen-bond donors (Lipinski definition) is 2. The molecule has 6 nitrogen and oxygen atoms in total. The Morgan fingerprint density at radius 3 is 2.52 bits per heavy atom. The number of rotatable bonds is 4. The van der Waals surface area contributed by atoms with Crippen LogP contribution in [0.25, 0.3) is 0 Å². The molecule has 0 aliphatic carbocycles. The van der Waals surface area contributed by atoms with Crippen LogP contribution < -0.4 is 5.32 Å². The molecular formula is C14H19ClN2O4. The first-order chi connectivity index (χ1) is 9.56. The molecule has 7 heteroatoms. The van der Waals surface area contributed by atoms with Crippen molar-refractivity contribution in [3.05, 3.63) is 28.5 Å². The predicted octanol–water partition coefficient (Wildman–Crippen LogP) is 3.08. The number of hydrogen-bond acceptors (Lipinski definition) is 4. The van der Waals surface area contributed by atoms with Crippen LogP contribution in [0.1, 0.15) is 44.5 Å². The molecule has 0 aliphatic heterocycles. The van der Waals surface area contributed by atoms with Crippen LogP contribution in [0.2, 0.25) is 5.15 Å². The van der Waals surface area contributed by atoms with Crippen LogP contribution in [-0.2, 0) is 9.53 Å². The molecule has 0 fully saturated rings. The van der Waals surface area contributed by atoms with E-state index in [9.17, 15) is 9.59 Å². The molecule has 0 radical (unpaired) electrons. The second-order valence-corrected chi connectivity index (χ2v) is 6.05. The number of carboxylic acids is 1. The summed E-state index contributed by atoms with van der Waals surface area (Å²) in [6.45, 7) is 6.92. The molecule has 1 rings (SSSR count). The number of amides is 1. The van der Waals surface area contributed by atoms with Crippen LogP contribution in [-0.4, -0.2) is 27.8 Å². The quantitative estimate of drug-likeness (QED) is 0.834. The molecule has 1 aromatic rings. The van der Waals surface area contributed by atoms with Crippen molar-refractivity contribution in [3.63, 3.8) is 0 Å². The van der Waals surface area contributed by atoms with Crippen molar-refractivity contribution in [2.45, 2.75) is 45.8 Å². The Morgan fingerprint density at radius 1 is 1.43 bits per heavy atom. The smallest absolute Gasteiger partial charge is 0.408 e. The minimum absolute atomic E-state index is 0.242. The van der Waals surface area contributed by atoms with Crippen molar-refractivity contribution in [1.29, 1.82) is 0 Å². The van der Waals surface area contributed by atoms with Gasteiger partial charge in [0.05, 0.1) is 12.5 Å². The van der Waals surface area contributed by atoms with E-state index in [1.54, 1.807) is 33.8 Å². The number of aliphatic carboxylic acids is 1. The summed E-state index contributed by atoms with van der Waals surface area (Å²) in [6, 6.07) is 2.47. The van der Waals surface area contributed by atoms with Gasteiger partial charge in [-0.05, 0) is 45.4 Å². The van der Waals surface area contributed by atoms with E-state index in [0.29, 0.717) is 11.3 Å². The first-order valence-electron chi connectivity index (χ1n) is 6.42. The molecule has 0 aromatic carbocycles. The van der Waals surface area contributed by atoms with E-state index in [2.05, 4.69) is 10.3 Å². The average Bonchev–Trinajstić information content (AvgIpc) is 2.23. The third-order valence-electron chi connectivity index (χ3n) is 2.42. The lowest BCUT2D eigenvalue weighted by atomic mass is 10.0. The van der Waals surface area contributed by atoms with Crippen LogP contribution >= 0.6 is 11.6 Å². The number of alkyl carbamates (subject to hydrolysis) is 1. The number of pyridine rings is 1. The zero-order valence-electron chi connectivity index (χ0n) is 12.4. The Hall–Kier alpha value is -1.82. The molecule has 0 bridgehead atoms. The fraction of sp³-hybridized carbons (Fsp3) is 0.500. The number of halogens is 1. The van der Waals surface area contributed by atoms with E-state index in [4.69, 9.17) is 21.4 Å². The summed E-state index contributed by atoms with van der Waals surface area (Å²) in [7, 11) is 0. The van der Waals surface area contributed by atoms with Gasteiger partial charge in [-0.2, -0.15) is 0 Å². The van der Waals surface area contributed by atoms with E-state index < -0.39 is 23.7 Å². The van der Waals surface area contributed by atoms with E-state index in [1.807, 2.05) is 0 Å². The van der Waals surface area contributed by atoms with Crippen LogP contribution in [0.3, 0.4) is 0 Å². The molecule has 0 aliphatic rings. The van der Waals surface area contributed by atoms with Gasteiger partial charge in [0.1, 0.15) is 10.8 Å². The van der Waals surface area contributed by atoms with Gasteiger partial charge in [-0.3, -0.25) is 4.79 Å². The Morgan fingerprint density at radius 2 is 2.05 bits per heavy atom. The Bertz CT molecular complexity index is 520.